The average Bonchev–Trinajstić information content (AvgIpc) is 2.46. The van der Waals surface area contributed by atoms with Gasteiger partial charge in [0, 0.05) is 5.69 Å². The molecule has 0 spiro atoms. The summed E-state index contributed by atoms with van der Waals surface area (Å²) in [5.41, 5.74) is 8.98. The Bertz CT molecular complexity index is 571. The molecule has 0 unspecified atom stereocenters. The van der Waals surface area contributed by atoms with Crippen LogP contribution in [0.25, 0.3) is 0 Å². The third-order valence-electron chi connectivity index (χ3n) is 3.16. The van der Waals surface area contributed by atoms with E-state index >= 15 is 0 Å². The van der Waals surface area contributed by atoms with Gasteiger partial charge in [-0.25, -0.2) is 4.79 Å². The molecular weight excluding hydrogens is 250 g/mol. The summed E-state index contributed by atoms with van der Waals surface area (Å²) in [5, 5.41) is 0. The van der Waals surface area contributed by atoms with Crippen molar-refractivity contribution in [3.05, 3.63) is 65.2 Å². The van der Waals surface area contributed by atoms with Crippen LogP contribution in [0, 0.1) is 0 Å². The Labute approximate surface area is 119 Å². The van der Waals surface area contributed by atoms with E-state index in [4.69, 9.17) is 10.5 Å². The van der Waals surface area contributed by atoms with Crippen LogP contribution >= 0.6 is 0 Å². The van der Waals surface area contributed by atoms with Crippen LogP contribution in [0.3, 0.4) is 0 Å². The number of benzene rings is 2. The molecule has 0 aliphatic heterocycles. The van der Waals surface area contributed by atoms with Crippen LogP contribution in [-0.2, 0) is 11.3 Å². The van der Waals surface area contributed by atoms with Gasteiger partial charge in [0.25, 0.3) is 0 Å². The SMILES string of the molecule is CC(C)c1ccc(COC(=O)c2ccc(N)cc2)cc1. The van der Waals surface area contributed by atoms with E-state index in [1.54, 1.807) is 24.3 Å². The van der Waals surface area contributed by atoms with E-state index in [9.17, 15) is 4.79 Å². The van der Waals surface area contributed by atoms with Gasteiger partial charge in [0.15, 0.2) is 0 Å². The molecule has 2 N–H and O–H groups in total. The fourth-order valence-corrected chi connectivity index (χ4v) is 1.85. The highest BCUT2D eigenvalue weighted by molar-refractivity contribution is 5.89. The monoisotopic (exact) mass is 269 g/mol. The van der Waals surface area contributed by atoms with Gasteiger partial charge in [0.05, 0.1) is 5.56 Å². The van der Waals surface area contributed by atoms with Gasteiger partial charge in [-0.3, -0.25) is 0 Å². The Kier molecular flexibility index (Phi) is 4.41. The number of ether oxygens (including phenoxy) is 1. The highest BCUT2D eigenvalue weighted by Crippen LogP contribution is 2.15. The van der Waals surface area contributed by atoms with Gasteiger partial charge < -0.3 is 10.5 Å². The van der Waals surface area contributed by atoms with Crippen molar-refractivity contribution in [2.24, 2.45) is 0 Å². The number of esters is 1. The van der Waals surface area contributed by atoms with Crippen molar-refractivity contribution < 1.29 is 9.53 Å². The lowest BCUT2D eigenvalue weighted by molar-refractivity contribution is 0.0473. The number of hydrogen-bond acceptors (Lipinski definition) is 3. The first-order valence-corrected chi connectivity index (χ1v) is 6.68. The highest BCUT2D eigenvalue weighted by atomic mass is 16.5. The number of nitrogens with two attached hydrogens (primary N) is 1. The number of hydrogen-bond donors (Lipinski definition) is 1. The number of rotatable bonds is 4. The Balaban J connectivity index is 1.94. The van der Waals surface area contributed by atoms with Gasteiger partial charge in [-0.1, -0.05) is 38.1 Å². The van der Waals surface area contributed by atoms with Crippen molar-refractivity contribution >= 4 is 11.7 Å². The molecule has 2 rings (SSSR count). The molecule has 2 aromatic rings. The second-order valence-corrected chi connectivity index (χ2v) is 5.09. The second kappa shape index (κ2) is 6.24. The van der Waals surface area contributed by atoms with Crippen molar-refractivity contribution in [1.82, 2.24) is 0 Å². The second-order valence-electron chi connectivity index (χ2n) is 5.09. The first kappa shape index (κ1) is 14.1. The molecule has 0 heterocycles. The van der Waals surface area contributed by atoms with E-state index < -0.39 is 0 Å². The van der Waals surface area contributed by atoms with Crippen molar-refractivity contribution in [3.8, 4) is 0 Å². The minimum atomic E-state index is -0.335. The molecule has 0 saturated heterocycles. The Hall–Kier alpha value is -2.29. The molecule has 0 amide bonds. The Morgan fingerprint density at radius 1 is 1.05 bits per heavy atom. The maximum atomic E-state index is 11.8. The zero-order chi connectivity index (χ0) is 14.5. The quantitative estimate of drug-likeness (QED) is 0.679. The van der Waals surface area contributed by atoms with Crippen molar-refractivity contribution in [2.75, 3.05) is 5.73 Å². The molecule has 0 radical (unpaired) electrons. The van der Waals surface area contributed by atoms with E-state index in [2.05, 4.69) is 26.0 Å². The minimum absolute atomic E-state index is 0.279. The van der Waals surface area contributed by atoms with Crippen LogP contribution in [0.4, 0.5) is 5.69 Å². The van der Waals surface area contributed by atoms with Crippen LogP contribution < -0.4 is 5.73 Å². The third kappa shape index (κ3) is 3.60. The average molecular weight is 269 g/mol. The minimum Gasteiger partial charge on any atom is -0.457 e. The van der Waals surface area contributed by atoms with Crippen LogP contribution in [0.1, 0.15) is 41.3 Å². The molecule has 0 bridgehead atoms. The number of carbonyl (C=O) groups is 1. The van der Waals surface area contributed by atoms with E-state index in [0.29, 0.717) is 17.2 Å². The van der Waals surface area contributed by atoms with E-state index in [-0.39, 0.29) is 12.6 Å². The predicted octanol–water partition coefficient (Wildman–Crippen LogP) is 3.75. The van der Waals surface area contributed by atoms with Crippen LogP contribution in [0.5, 0.6) is 0 Å². The fraction of sp³-hybridized carbons (Fsp3) is 0.235. The van der Waals surface area contributed by atoms with Crippen molar-refractivity contribution in [3.63, 3.8) is 0 Å². The summed E-state index contributed by atoms with van der Waals surface area (Å²) >= 11 is 0. The standard InChI is InChI=1S/C17H19NO2/c1-12(2)14-5-3-13(4-6-14)11-20-17(19)15-7-9-16(18)10-8-15/h3-10,12H,11,18H2,1-2H3. The third-order valence-corrected chi connectivity index (χ3v) is 3.16. The topological polar surface area (TPSA) is 52.3 Å². The normalized spacial score (nSPS) is 10.6. The van der Waals surface area contributed by atoms with E-state index in [1.807, 2.05) is 12.1 Å². The number of anilines is 1. The van der Waals surface area contributed by atoms with Gasteiger partial charge >= 0.3 is 5.97 Å². The molecule has 0 atom stereocenters. The fourth-order valence-electron chi connectivity index (χ4n) is 1.85. The largest absolute Gasteiger partial charge is 0.457 e. The van der Waals surface area contributed by atoms with Gasteiger partial charge in [-0.15, -0.1) is 0 Å². The van der Waals surface area contributed by atoms with E-state index in [1.165, 1.54) is 5.56 Å². The Morgan fingerprint density at radius 3 is 2.20 bits per heavy atom. The summed E-state index contributed by atoms with van der Waals surface area (Å²) < 4.78 is 5.27. The molecule has 2 aromatic carbocycles. The lowest BCUT2D eigenvalue weighted by Gasteiger charge is -2.08. The summed E-state index contributed by atoms with van der Waals surface area (Å²) in [6.45, 7) is 4.58. The molecular formula is C17H19NO2. The zero-order valence-corrected chi connectivity index (χ0v) is 11.8. The number of carbonyl (C=O) groups excluding carboxylic acids is 1. The first-order chi connectivity index (χ1) is 9.56. The van der Waals surface area contributed by atoms with Gasteiger partial charge in [-0.2, -0.15) is 0 Å². The molecule has 0 aromatic heterocycles. The smallest absolute Gasteiger partial charge is 0.338 e. The molecule has 3 heteroatoms. The maximum Gasteiger partial charge on any atom is 0.338 e. The Morgan fingerprint density at radius 2 is 1.65 bits per heavy atom. The summed E-state index contributed by atoms with van der Waals surface area (Å²) in [6, 6.07) is 14.8. The molecule has 3 nitrogen and oxygen atoms in total. The van der Waals surface area contributed by atoms with Gasteiger partial charge in [0.2, 0.25) is 0 Å². The summed E-state index contributed by atoms with van der Waals surface area (Å²) in [4.78, 5) is 11.8. The summed E-state index contributed by atoms with van der Waals surface area (Å²) in [5.74, 6) is 0.166. The van der Waals surface area contributed by atoms with Crippen LogP contribution in [0.2, 0.25) is 0 Å². The zero-order valence-electron chi connectivity index (χ0n) is 11.8. The van der Waals surface area contributed by atoms with Crippen LogP contribution in [0.15, 0.2) is 48.5 Å². The maximum absolute atomic E-state index is 11.8. The molecule has 20 heavy (non-hydrogen) atoms. The molecule has 104 valence electrons. The molecule has 0 aliphatic rings. The van der Waals surface area contributed by atoms with E-state index in [0.717, 1.165) is 5.56 Å². The predicted molar refractivity (Wildman–Crippen MR) is 80.5 cm³/mol. The molecule has 0 saturated carbocycles. The number of nitrogen functional groups attached to an aromatic ring is 1. The lowest BCUT2D eigenvalue weighted by atomic mass is 10.0. The lowest BCUT2D eigenvalue weighted by Crippen LogP contribution is -2.05. The van der Waals surface area contributed by atoms with Crippen molar-refractivity contribution in [1.29, 1.82) is 0 Å². The molecule has 0 aliphatic carbocycles. The van der Waals surface area contributed by atoms with Gasteiger partial charge in [0.1, 0.15) is 6.61 Å². The van der Waals surface area contributed by atoms with Gasteiger partial charge in [-0.05, 0) is 41.3 Å². The summed E-state index contributed by atoms with van der Waals surface area (Å²) in [7, 11) is 0. The summed E-state index contributed by atoms with van der Waals surface area (Å²) in [6.07, 6.45) is 0. The molecule has 0 fully saturated rings. The first-order valence-electron chi connectivity index (χ1n) is 6.68. The van der Waals surface area contributed by atoms with Crippen molar-refractivity contribution in [2.45, 2.75) is 26.4 Å². The highest BCUT2D eigenvalue weighted by Gasteiger charge is 2.07. The van der Waals surface area contributed by atoms with Crippen LogP contribution in [-0.4, -0.2) is 5.97 Å².